The van der Waals surface area contributed by atoms with E-state index in [0.29, 0.717) is 0 Å². The Balaban J connectivity index is 0.00000288. The van der Waals surface area contributed by atoms with E-state index in [1.165, 1.54) is 12.8 Å². The van der Waals surface area contributed by atoms with Crippen molar-refractivity contribution in [2.45, 2.75) is 26.3 Å². The molecular formula is C18H31ClN2O3. The van der Waals surface area contributed by atoms with E-state index in [9.17, 15) is 0 Å². The first-order chi connectivity index (χ1) is 11.2. The molecule has 6 heteroatoms. The van der Waals surface area contributed by atoms with Crippen LogP contribution >= 0.6 is 12.4 Å². The van der Waals surface area contributed by atoms with Crippen LogP contribution < -0.4 is 19.5 Å². The maximum atomic E-state index is 5.55. The molecule has 138 valence electrons. The van der Waals surface area contributed by atoms with Crippen LogP contribution in [0.1, 0.15) is 25.3 Å². The summed E-state index contributed by atoms with van der Waals surface area (Å²) in [5.74, 6) is 3.21. The zero-order valence-corrected chi connectivity index (χ0v) is 16.1. The molecule has 2 rings (SSSR count). The molecule has 1 aliphatic rings. The summed E-state index contributed by atoms with van der Waals surface area (Å²) in [6.07, 6.45) is 2.49. The molecule has 0 unspecified atom stereocenters. The summed E-state index contributed by atoms with van der Waals surface area (Å²) in [5, 5.41) is 3.46. The van der Waals surface area contributed by atoms with E-state index in [-0.39, 0.29) is 12.4 Å². The Hall–Kier alpha value is -1.17. The van der Waals surface area contributed by atoms with Gasteiger partial charge in [-0.15, -0.1) is 12.4 Å². The van der Waals surface area contributed by atoms with E-state index in [1.54, 1.807) is 21.3 Å². The summed E-state index contributed by atoms with van der Waals surface area (Å²) in [6, 6.07) is 3.85. The third-order valence-electron chi connectivity index (χ3n) is 4.59. The zero-order valence-electron chi connectivity index (χ0n) is 15.3. The lowest BCUT2D eigenvalue weighted by atomic mass is 9.96. The Morgan fingerprint density at radius 2 is 1.62 bits per heavy atom. The Labute approximate surface area is 152 Å². The molecule has 1 fully saturated rings. The second-order valence-electron chi connectivity index (χ2n) is 6.04. The Morgan fingerprint density at radius 1 is 1.04 bits per heavy atom. The number of benzene rings is 1. The van der Waals surface area contributed by atoms with Crippen LogP contribution in [0, 0.1) is 5.92 Å². The summed E-state index contributed by atoms with van der Waals surface area (Å²) in [7, 11) is 5.05. The molecule has 1 saturated heterocycles. The second kappa shape index (κ2) is 10.6. The second-order valence-corrected chi connectivity index (χ2v) is 6.04. The highest BCUT2D eigenvalue weighted by molar-refractivity contribution is 5.85. The lowest BCUT2D eigenvalue weighted by Crippen LogP contribution is -2.37. The third-order valence-corrected chi connectivity index (χ3v) is 4.59. The highest BCUT2D eigenvalue weighted by Gasteiger charge is 2.22. The number of halogens is 1. The lowest BCUT2D eigenvalue weighted by Gasteiger charge is -2.32. The molecule has 0 aliphatic carbocycles. The van der Waals surface area contributed by atoms with Gasteiger partial charge in [-0.05, 0) is 44.9 Å². The number of piperidine rings is 1. The van der Waals surface area contributed by atoms with Crippen molar-refractivity contribution < 1.29 is 14.2 Å². The van der Waals surface area contributed by atoms with Crippen molar-refractivity contribution in [2.24, 2.45) is 5.92 Å². The summed E-state index contributed by atoms with van der Waals surface area (Å²) >= 11 is 0. The van der Waals surface area contributed by atoms with Crippen LogP contribution in [0.3, 0.4) is 0 Å². The van der Waals surface area contributed by atoms with E-state index in [2.05, 4.69) is 17.1 Å². The first-order valence-corrected chi connectivity index (χ1v) is 8.43. The van der Waals surface area contributed by atoms with Crippen LogP contribution in [-0.2, 0) is 6.54 Å². The summed E-state index contributed by atoms with van der Waals surface area (Å²) in [5.41, 5.74) is 1.10. The maximum Gasteiger partial charge on any atom is 0.130 e. The van der Waals surface area contributed by atoms with Crippen LogP contribution in [0.4, 0.5) is 0 Å². The van der Waals surface area contributed by atoms with E-state index >= 15 is 0 Å². The molecule has 0 aromatic heterocycles. The van der Waals surface area contributed by atoms with E-state index in [0.717, 1.165) is 61.5 Å². The SMILES string of the molecule is CCNCC1CCN(Cc2c(OC)cc(OC)cc2OC)CC1.Cl. The van der Waals surface area contributed by atoms with Gasteiger partial charge in [0.1, 0.15) is 17.2 Å². The summed E-state index contributed by atoms with van der Waals surface area (Å²) < 4.78 is 16.4. The smallest absolute Gasteiger partial charge is 0.130 e. The molecule has 0 radical (unpaired) electrons. The van der Waals surface area contributed by atoms with E-state index < -0.39 is 0 Å². The third kappa shape index (κ3) is 5.43. The molecule has 0 spiro atoms. The van der Waals surface area contributed by atoms with Gasteiger partial charge in [-0.2, -0.15) is 0 Å². The minimum Gasteiger partial charge on any atom is -0.496 e. The Bertz CT molecular complexity index is 466. The first kappa shape index (κ1) is 20.9. The van der Waals surface area contributed by atoms with E-state index in [1.807, 2.05) is 12.1 Å². The number of hydrogen-bond donors (Lipinski definition) is 1. The van der Waals surface area contributed by atoms with Crippen molar-refractivity contribution >= 4 is 12.4 Å². The normalized spacial score (nSPS) is 15.7. The molecule has 24 heavy (non-hydrogen) atoms. The van der Waals surface area contributed by atoms with Crippen LogP contribution in [-0.4, -0.2) is 52.4 Å². The Kier molecular flexibility index (Phi) is 9.26. The predicted octanol–water partition coefficient (Wildman–Crippen LogP) is 2.96. The van der Waals surface area contributed by atoms with Crippen molar-refractivity contribution in [2.75, 3.05) is 47.5 Å². The largest absolute Gasteiger partial charge is 0.496 e. The van der Waals surface area contributed by atoms with Gasteiger partial charge in [-0.25, -0.2) is 0 Å². The summed E-state index contributed by atoms with van der Waals surface area (Å²) in [6.45, 7) is 7.45. The van der Waals surface area contributed by atoms with Gasteiger partial charge in [-0.1, -0.05) is 6.92 Å². The molecule has 0 bridgehead atoms. The Morgan fingerprint density at radius 3 is 2.08 bits per heavy atom. The van der Waals surface area contributed by atoms with Gasteiger partial charge in [0.15, 0.2) is 0 Å². The van der Waals surface area contributed by atoms with Crippen LogP contribution in [0.25, 0.3) is 0 Å². The maximum absolute atomic E-state index is 5.55. The first-order valence-electron chi connectivity index (χ1n) is 8.43. The molecule has 5 nitrogen and oxygen atoms in total. The molecule has 1 aromatic carbocycles. The molecule has 1 heterocycles. The molecule has 0 atom stereocenters. The van der Waals surface area contributed by atoms with Crippen LogP contribution in [0.5, 0.6) is 17.2 Å². The monoisotopic (exact) mass is 358 g/mol. The molecule has 0 amide bonds. The number of rotatable bonds is 8. The quantitative estimate of drug-likeness (QED) is 0.774. The van der Waals surface area contributed by atoms with Gasteiger partial charge in [-0.3, -0.25) is 4.90 Å². The van der Waals surface area contributed by atoms with Crippen molar-refractivity contribution in [1.29, 1.82) is 0 Å². The van der Waals surface area contributed by atoms with Crippen molar-refractivity contribution in [3.63, 3.8) is 0 Å². The van der Waals surface area contributed by atoms with Crippen molar-refractivity contribution in [3.8, 4) is 17.2 Å². The topological polar surface area (TPSA) is 43.0 Å². The van der Waals surface area contributed by atoms with Gasteiger partial charge in [0.05, 0.1) is 26.9 Å². The summed E-state index contributed by atoms with van der Waals surface area (Å²) in [4.78, 5) is 2.48. The van der Waals surface area contributed by atoms with Crippen molar-refractivity contribution in [3.05, 3.63) is 17.7 Å². The minimum absolute atomic E-state index is 0. The molecule has 1 N–H and O–H groups in total. The fourth-order valence-corrected chi connectivity index (χ4v) is 3.15. The zero-order chi connectivity index (χ0) is 16.7. The number of nitrogens with one attached hydrogen (secondary N) is 1. The van der Waals surface area contributed by atoms with Gasteiger partial charge in [0.25, 0.3) is 0 Å². The number of ether oxygens (including phenoxy) is 3. The van der Waals surface area contributed by atoms with Gasteiger partial charge < -0.3 is 19.5 Å². The minimum atomic E-state index is 0. The highest BCUT2D eigenvalue weighted by atomic mass is 35.5. The average molecular weight is 359 g/mol. The van der Waals surface area contributed by atoms with Gasteiger partial charge in [0, 0.05) is 18.7 Å². The van der Waals surface area contributed by atoms with Crippen LogP contribution in [0.15, 0.2) is 12.1 Å². The molecule has 1 aliphatic heterocycles. The van der Waals surface area contributed by atoms with Crippen LogP contribution in [0.2, 0.25) is 0 Å². The molecular weight excluding hydrogens is 328 g/mol. The number of likely N-dealkylation sites (tertiary alicyclic amines) is 1. The standard InChI is InChI=1S/C18H30N2O3.ClH/c1-5-19-12-14-6-8-20(9-7-14)13-16-17(22-3)10-15(21-2)11-18(16)23-4;/h10-11,14,19H,5-9,12-13H2,1-4H3;1H. The van der Waals surface area contributed by atoms with Gasteiger partial charge in [0.2, 0.25) is 0 Å². The lowest BCUT2D eigenvalue weighted by molar-refractivity contribution is 0.172. The van der Waals surface area contributed by atoms with Crippen molar-refractivity contribution in [1.82, 2.24) is 10.2 Å². The highest BCUT2D eigenvalue weighted by Crippen LogP contribution is 2.35. The average Bonchev–Trinajstić information content (AvgIpc) is 2.61. The number of hydrogen-bond acceptors (Lipinski definition) is 5. The fourth-order valence-electron chi connectivity index (χ4n) is 3.15. The van der Waals surface area contributed by atoms with Gasteiger partial charge >= 0.3 is 0 Å². The predicted molar refractivity (Wildman–Crippen MR) is 99.9 cm³/mol. The fraction of sp³-hybridized carbons (Fsp3) is 0.667. The number of nitrogens with zero attached hydrogens (tertiary/aromatic N) is 1. The number of methoxy groups -OCH3 is 3. The van der Waals surface area contributed by atoms with E-state index in [4.69, 9.17) is 14.2 Å². The molecule has 0 saturated carbocycles. The molecule has 1 aromatic rings.